The first-order valence-electron chi connectivity index (χ1n) is 8.96. The molecule has 0 bridgehead atoms. The van der Waals surface area contributed by atoms with Gasteiger partial charge in [0, 0.05) is 43.4 Å². The molecule has 1 aliphatic rings. The molecule has 1 N–H and O–H groups in total. The first kappa shape index (κ1) is 16.0. The van der Waals surface area contributed by atoms with E-state index >= 15 is 0 Å². The van der Waals surface area contributed by atoms with Gasteiger partial charge in [0.25, 0.3) is 0 Å². The zero-order valence-corrected chi connectivity index (χ0v) is 14.9. The van der Waals surface area contributed by atoms with E-state index in [2.05, 4.69) is 64.2 Å². The molecule has 0 saturated carbocycles. The van der Waals surface area contributed by atoms with Crippen LogP contribution in [0.15, 0.2) is 54.6 Å². The van der Waals surface area contributed by atoms with Crippen LogP contribution in [-0.2, 0) is 0 Å². The number of benzene rings is 2. The van der Waals surface area contributed by atoms with Gasteiger partial charge < -0.3 is 14.6 Å². The van der Waals surface area contributed by atoms with Gasteiger partial charge in [-0.1, -0.05) is 30.3 Å². The summed E-state index contributed by atoms with van der Waals surface area (Å²) in [5.74, 6) is 0.958. The fourth-order valence-electron chi connectivity index (χ4n) is 3.76. The zero-order chi connectivity index (χ0) is 17.2. The second kappa shape index (κ2) is 6.81. The number of piperazine rings is 1. The maximum absolute atomic E-state index is 5.52. The summed E-state index contributed by atoms with van der Waals surface area (Å²) in [5.41, 5.74) is 3.71. The van der Waals surface area contributed by atoms with E-state index in [1.54, 1.807) is 7.11 Å². The van der Waals surface area contributed by atoms with Crippen molar-refractivity contribution in [2.75, 3.05) is 38.2 Å². The molecule has 3 aromatic rings. The molecule has 0 spiro atoms. The Hall–Kier alpha value is -2.46. The van der Waals surface area contributed by atoms with Crippen molar-refractivity contribution in [2.24, 2.45) is 0 Å². The normalized spacial score (nSPS) is 17.0. The van der Waals surface area contributed by atoms with Crippen molar-refractivity contribution in [3.63, 3.8) is 0 Å². The van der Waals surface area contributed by atoms with Crippen molar-refractivity contribution in [2.45, 2.75) is 13.0 Å². The molecular weight excluding hydrogens is 310 g/mol. The molecule has 2 aromatic carbocycles. The fraction of sp³-hybridized carbons (Fsp3) is 0.333. The van der Waals surface area contributed by atoms with E-state index < -0.39 is 0 Å². The molecule has 1 aromatic heterocycles. The average Bonchev–Trinajstić information content (AvgIpc) is 3.12. The van der Waals surface area contributed by atoms with Crippen LogP contribution in [0.3, 0.4) is 0 Å². The van der Waals surface area contributed by atoms with Gasteiger partial charge in [0.2, 0.25) is 0 Å². The number of para-hydroxylation sites is 3. The van der Waals surface area contributed by atoms with Gasteiger partial charge in [0.15, 0.2) is 0 Å². The highest BCUT2D eigenvalue weighted by atomic mass is 16.5. The molecule has 1 atom stereocenters. The number of fused-ring (bicyclic) bond motifs is 1. The number of hydrogen-bond donors (Lipinski definition) is 1. The van der Waals surface area contributed by atoms with E-state index in [0.29, 0.717) is 6.04 Å². The van der Waals surface area contributed by atoms with Gasteiger partial charge in [-0.15, -0.1) is 0 Å². The van der Waals surface area contributed by atoms with Gasteiger partial charge in [-0.25, -0.2) is 0 Å². The van der Waals surface area contributed by atoms with Crippen molar-refractivity contribution in [3.8, 4) is 5.75 Å². The van der Waals surface area contributed by atoms with Crippen LogP contribution in [0.2, 0.25) is 0 Å². The molecule has 2 heterocycles. The summed E-state index contributed by atoms with van der Waals surface area (Å²) >= 11 is 0. The lowest BCUT2D eigenvalue weighted by Gasteiger charge is -2.39. The Kier molecular flexibility index (Phi) is 4.36. The van der Waals surface area contributed by atoms with Crippen LogP contribution in [-0.4, -0.2) is 43.2 Å². The maximum atomic E-state index is 5.52. The summed E-state index contributed by atoms with van der Waals surface area (Å²) in [6.07, 6.45) is 0. The van der Waals surface area contributed by atoms with Crippen LogP contribution >= 0.6 is 0 Å². The van der Waals surface area contributed by atoms with Gasteiger partial charge >= 0.3 is 0 Å². The van der Waals surface area contributed by atoms with E-state index in [4.69, 9.17) is 4.74 Å². The Bertz CT molecular complexity index is 816. The zero-order valence-electron chi connectivity index (χ0n) is 14.9. The summed E-state index contributed by atoms with van der Waals surface area (Å²) in [4.78, 5) is 8.55. The van der Waals surface area contributed by atoms with Gasteiger partial charge in [0.05, 0.1) is 12.8 Å². The molecule has 0 aliphatic carbocycles. The molecule has 1 unspecified atom stereocenters. The lowest BCUT2D eigenvalue weighted by molar-refractivity contribution is 0.195. The van der Waals surface area contributed by atoms with Crippen LogP contribution in [0.25, 0.3) is 10.9 Å². The molecule has 130 valence electrons. The predicted octanol–water partition coefficient (Wildman–Crippen LogP) is 4.06. The first-order chi connectivity index (χ1) is 12.3. The molecule has 1 aliphatic heterocycles. The highest BCUT2D eigenvalue weighted by Crippen LogP contribution is 2.30. The number of ether oxygens (including phenoxy) is 1. The highest BCUT2D eigenvalue weighted by Gasteiger charge is 2.24. The van der Waals surface area contributed by atoms with Crippen molar-refractivity contribution >= 4 is 16.6 Å². The predicted molar refractivity (Wildman–Crippen MR) is 103 cm³/mol. The van der Waals surface area contributed by atoms with Crippen LogP contribution in [0.4, 0.5) is 5.69 Å². The van der Waals surface area contributed by atoms with E-state index in [9.17, 15) is 0 Å². The van der Waals surface area contributed by atoms with Gasteiger partial charge in [-0.05, 0) is 36.6 Å². The largest absolute Gasteiger partial charge is 0.495 e. The smallest absolute Gasteiger partial charge is 0.142 e. The van der Waals surface area contributed by atoms with Crippen LogP contribution in [0, 0.1) is 0 Å². The lowest BCUT2D eigenvalue weighted by atomic mass is 10.1. The number of methoxy groups -OCH3 is 1. The monoisotopic (exact) mass is 335 g/mol. The minimum absolute atomic E-state index is 0.396. The Morgan fingerprint density at radius 2 is 1.68 bits per heavy atom. The third-order valence-corrected chi connectivity index (χ3v) is 5.29. The number of hydrogen-bond acceptors (Lipinski definition) is 3. The summed E-state index contributed by atoms with van der Waals surface area (Å²) in [6, 6.07) is 19.5. The average molecular weight is 335 g/mol. The van der Waals surface area contributed by atoms with Gasteiger partial charge in [-0.3, -0.25) is 4.90 Å². The minimum atomic E-state index is 0.396. The first-order valence-corrected chi connectivity index (χ1v) is 8.96. The third kappa shape index (κ3) is 3.10. The van der Waals surface area contributed by atoms with Crippen molar-refractivity contribution < 1.29 is 4.74 Å². The van der Waals surface area contributed by atoms with Crippen LogP contribution in [0.1, 0.15) is 18.7 Å². The summed E-state index contributed by atoms with van der Waals surface area (Å²) in [7, 11) is 1.74. The van der Waals surface area contributed by atoms with Crippen molar-refractivity contribution in [1.82, 2.24) is 9.88 Å². The third-order valence-electron chi connectivity index (χ3n) is 5.29. The van der Waals surface area contributed by atoms with E-state index in [1.165, 1.54) is 22.3 Å². The van der Waals surface area contributed by atoms with E-state index in [-0.39, 0.29) is 0 Å². The van der Waals surface area contributed by atoms with Crippen molar-refractivity contribution in [1.29, 1.82) is 0 Å². The van der Waals surface area contributed by atoms with Gasteiger partial charge in [-0.2, -0.15) is 0 Å². The number of rotatable bonds is 4. The van der Waals surface area contributed by atoms with Crippen LogP contribution < -0.4 is 9.64 Å². The molecule has 1 saturated heterocycles. The quantitative estimate of drug-likeness (QED) is 0.780. The number of H-pyrrole nitrogens is 1. The SMILES string of the molecule is COc1ccccc1N1CCN(C(C)c2cc3ccccc3[nH]2)CC1. The van der Waals surface area contributed by atoms with Gasteiger partial charge in [0.1, 0.15) is 5.75 Å². The molecule has 0 radical (unpaired) electrons. The lowest BCUT2D eigenvalue weighted by Crippen LogP contribution is -2.47. The summed E-state index contributed by atoms with van der Waals surface area (Å²) in [6.45, 7) is 6.43. The Labute approximate surface area is 149 Å². The second-order valence-corrected chi connectivity index (χ2v) is 6.68. The maximum Gasteiger partial charge on any atom is 0.142 e. The summed E-state index contributed by atoms with van der Waals surface area (Å²) < 4.78 is 5.52. The van der Waals surface area contributed by atoms with Crippen LogP contribution in [0.5, 0.6) is 5.75 Å². The molecule has 4 heteroatoms. The number of aromatic nitrogens is 1. The highest BCUT2D eigenvalue weighted by molar-refractivity contribution is 5.80. The van der Waals surface area contributed by atoms with E-state index in [1.807, 2.05) is 12.1 Å². The molecule has 4 nitrogen and oxygen atoms in total. The number of nitrogens with one attached hydrogen (secondary N) is 1. The molecule has 4 rings (SSSR count). The fourth-order valence-corrected chi connectivity index (χ4v) is 3.76. The topological polar surface area (TPSA) is 31.5 Å². The molecule has 25 heavy (non-hydrogen) atoms. The Balaban J connectivity index is 1.46. The minimum Gasteiger partial charge on any atom is -0.495 e. The molecular formula is C21H25N3O. The molecule has 1 fully saturated rings. The Morgan fingerprint density at radius 1 is 0.960 bits per heavy atom. The van der Waals surface area contributed by atoms with E-state index in [0.717, 1.165) is 31.9 Å². The number of anilines is 1. The standard InChI is InChI=1S/C21H25N3O/c1-16(19-15-17-7-3-4-8-18(17)22-19)23-11-13-24(14-12-23)20-9-5-6-10-21(20)25-2/h3-10,15-16,22H,11-14H2,1-2H3. The molecule has 0 amide bonds. The number of nitrogens with zero attached hydrogens (tertiary/aromatic N) is 2. The Morgan fingerprint density at radius 3 is 2.44 bits per heavy atom. The second-order valence-electron chi connectivity index (χ2n) is 6.68. The van der Waals surface area contributed by atoms with Crippen molar-refractivity contribution in [3.05, 3.63) is 60.3 Å². The number of aromatic amines is 1. The summed E-state index contributed by atoms with van der Waals surface area (Å²) in [5, 5.41) is 1.29.